The molecule has 0 unspecified atom stereocenters. The number of hydrogen-bond donors (Lipinski definition) is 2. The molecular weight excluding hydrogens is 262 g/mol. The second-order valence-corrected chi connectivity index (χ2v) is 5.57. The number of para-hydroxylation sites is 1. The highest BCUT2D eigenvalue weighted by Crippen LogP contribution is 2.34. The Morgan fingerprint density at radius 3 is 2.62 bits per heavy atom. The molecule has 108 valence electrons. The number of aliphatic hydroxyl groups is 1. The van der Waals surface area contributed by atoms with Crippen LogP contribution in [0.2, 0.25) is 0 Å². The summed E-state index contributed by atoms with van der Waals surface area (Å²) in [5.41, 5.74) is 3.87. The van der Waals surface area contributed by atoms with E-state index in [9.17, 15) is 5.11 Å². The SMILES string of the molecule is CC(C)C1=C(O)CCc2cnc(Nc3ccccc3)nc21. The van der Waals surface area contributed by atoms with Crippen molar-refractivity contribution in [2.24, 2.45) is 5.92 Å². The molecule has 1 aliphatic carbocycles. The fourth-order valence-corrected chi connectivity index (χ4v) is 2.66. The van der Waals surface area contributed by atoms with Gasteiger partial charge in [-0.25, -0.2) is 9.97 Å². The van der Waals surface area contributed by atoms with Crippen molar-refractivity contribution in [3.05, 3.63) is 53.5 Å². The van der Waals surface area contributed by atoms with Crippen LogP contribution in [0.15, 0.2) is 42.3 Å². The molecule has 0 radical (unpaired) electrons. The Morgan fingerprint density at radius 2 is 1.90 bits per heavy atom. The Kier molecular flexibility index (Phi) is 3.60. The molecule has 4 heteroatoms. The van der Waals surface area contributed by atoms with Crippen LogP contribution in [-0.4, -0.2) is 15.1 Å². The van der Waals surface area contributed by atoms with E-state index in [0.29, 0.717) is 18.1 Å². The Balaban J connectivity index is 1.98. The Labute approximate surface area is 124 Å². The second kappa shape index (κ2) is 5.56. The van der Waals surface area contributed by atoms with Crippen molar-refractivity contribution in [2.75, 3.05) is 5.32 Å². The molecule has 0 saturated heterocycles. The van der Waals surface area contributed by atoms with Gasteiger partial charge in [0.2, 0.25) is 5.95 Å². The predicted octanol–water partition coefficient (Wildman–Crippen LogP) is 4.09. The zero-order valence-electron chi connectivity index (χ0n) is 12.3. The average molecular weight is 281 g/mol. The number of nitrogens with zero attached hydrogens (tertiary/aromatic N) is 2. The molecule has 1 aromatic heterocycles. The molecule has 4 nitrogen and oxygen atoms in total. The minimum Gasteiger partial charge on any atom is -0.512 e. The summed E-state index contributed by atoms with van der Waals surface area (Å²) in [4.78, 5) is 9.00. The van der Waals surface area contributed by atoms with E-state index in [2.05, 4.69) is 29.1 Å². The van der Waals surface area contributed by atoms with Crippen molar-refractivity contribution in [3.8, 4) is 0 Å². The third kappa shape index (κ3) is 2.75. The molecular formula is C17H19N3O. The molecule has 0 atom stereocenters. The van der Waals surface area contributed by atoms with Gasteiger partial charge in [-0.15, -0.1) is 0 Å². The van der Waals surface area contributed by atoms with Gasteiger partial charge in [-0.3, -0.25) is 0 Å². The van der Waals surface area contributed by atoms with Crippen LogP contribution in [0.4, 0.5) is 11.6 Å². The Morgan fingerprint density at radius 1 is 1.14 bits per heavy atom. The van der Waals surface area contributed by atoms with Crippen LogP contribution in [0.25, 0.3) is 5.57 Å². The van der Waals surface area contributed by atoms with Gasteiger partial charge in [0.1, 0.15) is 0 Å². The number of nitrogens with one attached hydrogen (secondary N) is 1. The molecule has 0 spiro atoms. The maximum atomic E-state index is 10.2. The number of aliphatic hydroxyl groups excluding tert-OH is 1. The standard InChI is InChI=1S/C17H19N3O/c1-11(2)15-14(21)9-8-12-10-18-17(20-16(12)15)19-13-6-4-3-5-7-13/h3-7,10-11,21H,8-9H2,1-2H3,(H,18,19,20). The zero-order chi connectivity index (χ0) is 14.8. The van der Waals surface area contributed by atoms with Crippen molar-refractivity contribution >= 4 is 17.2 Å². The highest BCUT2D eigenvalue weighted by molar-refractivity contribution is 5.71. The van der Waals surface area contributed by atoms with Crippen LogP contribution >= 0.6 is 0 Å². The molecule has 21 heavy (non-hydrogen) atoms. The first-order valence-corrected chi connectivity index (χ1v) is 7.25. The number of anilines is 2. The molecule has 0 saturated carbocycles. The number of aryl methyl sites for hydroxylation is 1. The third-order valence-corrected chi connectivity index (χ3v) is 3.67. The molecule has 2 aromatic rings. The number of aromatic nitrogens is 2. The van der Waals surface area contributed by atoms with Gasteiger partial charge in [0.25, 0.3) is 0 Å². The molecule has 0 aliphatic heterocycles. The quantitative estimate of drug-likeness (QED) is 0.889. The lowest BCUT2D eigenvalue weighted by molar-refractivity contribution is 0.383. The summed E-state index contributed by atoms with van der Waals surface area (Å²) in [5, 5.41) is 13.4. The average Bonchev–Trinajstić information content (AvgIpc) is 2.47. The van der Waals surface area contributed by atoms with Gasteiger partial charge in [0.05, 0.1) is 11.5 Å². The van der Waals surface area contributed by atoms with Crippen LogP contribution in [0.5, 0.6) is 0 Å². The molecule has 0 bridgehead atoms. The van der Waals surface area contributed by atoms with Gasteiger partial charge >= 0.3 is 0 Å². The van der Waals surface area contributed by atoms with E-state index in [0.717, 1.165) is 28.9 Å². The summed E-state index contributed by atoms with van der Waals surface area (Å²) < 4.78 is 0. The maximum Gasteiger partial charge on any atom is 0.227 e. The number of allylic oxidation sites excluding steroid dienone is 2. The van der Waals surface area contributed by atoms with Gasteiger partial charge in [-0.05, 0) is 30.0 Å². The van der Waals surface area contributed by atoms with E-state index < -0.39 is 0 Å². The summed E-state index contributed by atoms with van der Waals surface area (Å²) in [6, 6.07) is 9.84. The Bertz CT molecular complexity index is 678. The van der Waals surface area contributed by atoms with E-state index >= 15 is 0 Å². The summed E-state index contributed by atoms with van der Waals surface area (Å²) in [6.07, 6.45) is 3.33. The second-order valence-electron chi connectivity index (χ2n) is 5.57. The number of hydrogen-bond acceptors (Lipinski definition) is 4. The first kappa shape index (κ1) is 13.6. The topological polar surface area (TPSA) is 58.0 Å². The summed E-state index contributed by atoms with van der Waals surface area (Å²) >= 11 is 0. The van der Waals surface area contributed by atoms with Crippen LogP contribution in [-0.2, 0) is 6.42 Å². The first-order valence-electron chi connectivity index (χ1n) is 7.25. The molecule has 1 aromatic carbocycles. The van der Waals surface area contributed by atoms with Crippen LogP contribution < -0.4 is 5.32 Å². The van der Waals surface area contributed by atoms with Gasteiger partial charge in [0, 0.05) is 23.9 Å². The van der Waals surface area contributed by atoms with Crippen LogP contribution in [0.3, 0.4) is 0 Å². The number of fused-ring (bicyclic) bond motifs is 1. The van der Waals surface area contributed by atoms with Crippen molar-refractivity contribution in [1.82, 2.24) is 9.97 Å². The lowest BCUT2D eigenvalue weighted by Gasteiger charge is -2.22. The maximum absolute atomic E-state index is 10.2. The lowest BCUT2D eigenvalue weighted by Crippen LogP contribution is -2.13. The van der Waals surface area contributed by atoms with Crippen molar-refractivity contribution in [2.45, 2.75) is 26.7 Å². The van der Waals surface area contributed by atoms with E-state index in [1.54, 1.807) is 0 Å². The third-order valence-electron chi connectivity index (χ3n) is 3.67. The van der Waals surface area contributed by atoms with E-state index in [4.69, 9.17) is 0 Å². The normalized spacial score (nSPS) is 14.2. The Hall–Kier alpha value is -2.36. The van der Waals surface area contributed by atoms with Crippen molar-refractivity contribution < 1.29 is 5.11 Å². The van der Waals surface area contributed by atoms with Crippen molar-refractivity contribution in [1.29, 1.82) is 0 Å². The lowest BCUT2D eigenvalue weighted by atomic mass is 9.88. The smallest absolute Gasteiger partial charge is 0.227 e. The van der Waals surface area contributed by atoms with Crippen molar-refractivity contribution in [3.63, 3.8) is 0 Å². The van der Waals surface area contributed by atoms with Gasteiger partial charge in [-0.2, -0.15) is 0 Å². The van der Waals surface area contributed by atoms with Gasteiger partial charge in [0.15, 0.2) is 0 Å². The fraction of sp³-hybridized carbons (Fsp3) is 0.294. The number of benzene rings is 1. The molecule has 1 heterocycles. The zero-order valence-corrected chi connectivity index (χ0v) is 12.3. The summed E-state index contributed by atoms with van der Waals surface area (Å²) in [7, 11) is 0. The van der Waals surface area contributed by atoms with E-state index in [1.807, 2.05) is 36.5 Å². The largest absolute Gasteiger partial charge is 0.512 e. The van der Waals surface area contributed by atoms with Crippen LogP contribution in [0, 0.1) is 5.92 Å². The molecule has 0 amide bonds. The molecule has 3 rings (SSSR count). The molecule has 2 N–H and O–H groups in total. The number of rotatable bonds is 3. The predicted molar refractivity (Wildman–Crippen MR) is 84.5 cm³/mol. The fourth-order valence-electron chi connectivity index (χ4n) is 2.66. The van der Waals surface area contributed by atoms with Gasteiger partial charge < -0.3 is 10.4 Å². The summed E-state index contributed by atoms with van der Waals surface area (Å²) in [5.74, 6) is 1.26. The highest BCUT2D eigenvalue weighted by atomic mass is 16.3. The monoisotopic (exact) mass is 281 g/mol. The van der Waals surface area contributed by atoms with Crippen LogP contribution in [0.1, 0.15) is 31.5 Å². The van der Waals surface area contributed by atoms with E-state index in [1.165, 1.54) is 0 Å². The van der Waals surface area contributed by atoms with Gasteiger partial charge in [-0.1, -0.05) is 32.0 Å². The highest BCUT2D eigenvalue weighted by Gasteiger charge is 2.23. The molecule has 1 aliphatic rings. The minimum atomic E-state index is 0.239. The van der Waals surface area contributed by atoms with E-state index in [-0.39, 0.29) is 5.92 Å². The minimum absolute atomic E-state index is 0.239. The first-order chi connectivity index (χ1) is 10.1. The molecule has 0 fully saturated rings. The summed E-state index contributed by atoms with van der Waals surface area (Å²) in [6.45, 7) is 4.15.